The fourth-order valence-electron chi connectivity index (χ4n) is 4.98. The lowest BCUT2D eigenvalue weighted by Crippen LogP contribution is -2.40. The van der Waals surface area contributed by atoms with Crippen LogP contribution in [0.1, 0.15) is 64.3 Å². The molecular weight excluding hydrogens is 459 g/mol. The summed E-state index contributed by atoms with van der Waals surface area (Å²) in [5, 5.41) is 0.815. The molecule has 2 aliphatic rings. The fourth-order valence-corrected chi connectivity index (χ4v) is 5.28. The number of hydrogen-bond donors (Lipinski definition) is 0. The van der Waals surface area contributed by atoms with Crippen molar-refractivity contribution in [3.05, 3.63) is 57.0 Å². The number of halogens is 2. The number of Topliss-reactive ketones (excluding diaryl/α,β-unsaturated/α-hetero) is 1. The Labute approximate surface area is 202 Å². The maximum atomic E-state index is 13.5. The van der Waals surface area contributed by atoms with Crippen LogP contribution in [-0.4, -0.2) is 44.2 Å². The van der Waals surface area contributed by atoms with Crippen LogP contribution in [0.15, 0.2) is 24.3 Å². The molecule has 6 nitrogen and oxygen atoms in total. The maximum Gasteiger partial charge on any atom is 0.256 e. The third-order valence-corrected chi connectivity index (χ3v) is 7.52. The largest absolute Gasteiger partial charge is 0.339 e. The first-order valence-electron chi connectivity index (χ1n) is 11.6. The molecule has 2 aromatic heterocycles. The second kappa shape index (κ2) is 9.07. The van der Waals surface area contributed by atoms with Gasteiger partial charge in [-0.15, -0.1) is 0 Å². The van der Waals surface area contributed by atoms with Crippen LogP contribution >= 0.6 is 23.2 Å². The van der Waals surface area contributed by atoms with E-state index in [-0.39, 0.29) is 17.6 Å². The summed E-state index contributed by atoms with van der Waals surface area (Å²) in [6.45, 7) is 3.90. The van der Waals surface area contributed by atoms with Gasteiger partial charge in [0.1, 0.15) is 11.3 Å². The van der Waals surface area contributed by atoms with Gasteiger partial charge in [-0.05, 0) is 56.9 Å². The topological polar surface area (TPSA) is 68.1 Å². The number of carbonyl (C=O) groups is 2. The number of rotatable bonds is 3. The van der Waals surface area contributed by atoms with E-state index in [9.17, 15) is 9.59 Å². The minimum absolute atomic E-state index is 0.0285. The Hall–Kier alpha value is -2.44. The van der Waals surface area contributed by atoms with Crippen LogP contribution in [0.25, 0.3) is 11.2 Å². The van der Waals surface area contributed by atoms with E-state index in [0.29, 0.717) is 52.6 Å². The molecule has 0 N–H and O–H groups in total. The van der Waals surface area contributed by atoms with Crippen molar-refractivity contribution in [2.75, 3.05) is 13.1 Å². The van der Waals surface area contributed by atoms with Gasteiger partial charge in [0.15, 0.2) is 11.4 Å². The first-order chi connectivity index (χ1) is 15.9. The molecule has 1 fully saturated rings. The third-order valence-electron chi connectivity index (χ3n) is 6.78. The van der Waals surface area contributed by atoms with Crippen molar-refractivity contribution in [3.8, 4) is 0 Å². The minimum atomic E-state index is -0.130. The molecule has 0 spiro atoms. The van der Waals surface area contributed by atoms with E-state index in [1.54, 1.807) is 18.2 Å². The number of fused-ring (bicyclic) bond motifs is 3. The Bertz CT molecular complexity index is 1240. The second-order valence-electron chi connectivity index (χ2n) is 9.03. The molecule has 0 unspecified atom stereocenters. The van der Waals surface area contributed by atoms with Crippen molar-refractivity contribution >= 4 is 46.1 Å². The average Bonchev–Trinajstić information content (AvgIpc) is 3.00. The van der Waals surface area contributed by atoms with E-state index in [2.05, 4.69) is 4.57 Å². The molecule has 33 heavy (non-hydrogen) atoms. The van der Waals surface area contributed by atoms with Crippen molar-refractivity contribution < 1.29 is 9.59 Å². The van der Waals surface area contributed by atoms with E-state index >= 15 is 0 Å². The van der Waals surface area contributed by atoms with Crippen molar-refractivity contribution in [1.82, 2.24) is 19.4 Å². The molecule has 1 aromatic carbocycles. The highest BCUT2D eigenvalue weighted by molar-refractivity contribution is 6.42. The molecule has 0 bridgehead atoms. The van der Waals surface area contributed by atoms with Gasteiger partial charge in [0, 0.05) is 43.2 Å². The number of amides is 1. The lowest BCUT2D eigenvalue weighted by molar-refractivity contribution is 0.0651. The average molecular weight is 485 g/mol. The zero-order valence-electron chi connectivity index (χ0n) is 18.6. The monoisotopic (exact) mass is 484 g/mol. The number of hydrogen-bond acceptors (Lipinski definition) is 4. The van der Waals surface area contributed by atoms with Gasteiger partial charge >= 0.3 is 0 Å². The molecule has 2 aliphatic heterocycles. The molecule has 1 amide bonds. The summed E-state index contributed by atoms with van der Waals surface area (Å²) in [6.07, 6.45) is 5.59. The lowest BCUT2D eigenvalue weighted by Gasteiger charge is -2.31. The number of aryl methyl sites for hydroxylation is 3. The maximum absolute atomic E-state index is 13.5. The Morgan fingerprint density at radius 1 is 0.970 bits per heavy atom. The molecular formula is C25H26Cl2N4O2. The number of pyridine rings is 1. The summed E-state index contributed by atoms with van der Waals surface area (Å²) in [7, 11) is 0. The van der Waals surface area contributed by atoms with Gasteiger partial charge in [-0.25, -0.2) is 9.97 Å². The predicted octanol–water partition coefficient (Wildman–Crippen LogP) is 5.51. The minimum Gasteiger partial charge on any atom is -0.339 e. The van der Waals surface area contributed by atoms with Gasteiger partial charge in [0.25, 0.3) is 5.91 Å². The van der Waals surface area contributed by atoms with Crippen LogP contribution in [0, 0.1) is 12.8 Å². The highest BCUT2D eigenvalue weighted by Gasteiger charge is 2.30. The summed E-state index contributed by atoms with van der Waals surface area (Å²) >= 11 is 12.1. The first kappa shape index (κ1) is 22.4. The molecule has 3 aromatic rings. The summed E-state index contributed by atoms with van der Waals surface area (Å²) in [4.78, 5) is 37.9. The van der Waals surface area contributed by atoms with Crippen LogP contribution in [0.5, 0.6) is 0 Å². The number of likely N-dealkylation sites (tertiary alicyclic amines) is 1. The Balaban J connectivity index is 1.35. The predicted molar refractivity (Wildman–Crippen MR) is 129 cm³/mol. The Kier molecular flexibility index (Phi) is 6.14. The van der Waals surface area contributed by atoms with Crippen LogP contribution in [-0.2, 0) is 13.0 Å². The summed E-state index contributed by atoms with van der Waals surface area (Å²) in [5.74, 6) is 0.926. The van der Waals surface area contributed by atoms with Crippen LogP contribution < -0.4 is 0 Å². The summed E-state index contributed by atoms with van der Waals surface area (Å²) < 4.78 is 2.19. The van der Waals surface area contributed by atoms with Gasteiger partial charge < -0.3 is 9.47 Å². The van der Waals surface area contributed by atoms with Gasteiger partial charge in [-0.2, -0.15) is 0 Å². The van der Waals surface area contributed by atoms with Crippen LogP contribution in [0.4, 0.5) is 0 Å². The Morgan fingerprint density at radius 2 is 1.76 bits per heavy atom. The van der Waals surface area contributed by atoms with Crippen molar-refractivity contribution in [2.45, 2.75) is 52.0 Å². The number of ketones is 1. The lowest BCUT2D eigenvalue weighted by atomic mass is 9.88. The molecule has 5 rings (SSSR count). The van der Waals surface area contributed by atoms with E-state index < -0.39 is 0 Å². The van der Waals surface area contributed by atoms with Gasteiger partial charge in [0.2, 0.25) is 0 Å². The quantitative estimate of drug-likeness (QED) is 0.459. The van der Waals surface area contributed by atoms with Crippen molar-refractivity contribution in [2.24, 2.45) is 5.92 Å². The molecule has 4 heterocycles. The van der Waals surface area contributed by atoms with Gasteiger partial charge in [-0.1, -0.05) is 29.6 Å². The van der Waals surface area contributed by atoms with E-state index in [1.165, 1.54) is 6.42 Å². The SMILES string of the molecule is Cc1cc(C(=O)N2CCC(C(=O)c3ccc(Cl)c(Cl)c3)CC2)c2nc3n(c2n1)CCCCC3. The molecule has 172 valence electrons. The summed E-state index contributed by atoms with van der Waals surface area (Å²) in [6, 6.07) is 6.85. The fraction of sp³-hybridized carbons (Fsp3) is 0.440. The smallest absolute Gasteiger partial charge is 0.256 e. The Morgan fingerprint density at radius 3 is 2.52 bits per heavy atom. The molecule has 8 heteroatoms. The number of aromatic nitrogens is 3. The first-order valence-corrected chi connectivity index (χ1v) is 12.3. The van der Waals surface area contributed by atoms with E-state index in [1.807, 2.05) is 17.9 Å². The van der Waals surface area contributed by atoms with Crippen LogP contribution in [0.2, 0.25) is 10.0 Å². The number of imidazole rings is 1. The normalized spacial score (nSPS) is 17.1. The number of carbonyl (C=O) groups excluding carboxylic acids is 2. The van der Waals surface area contributed by atoms with Gasteiger partial charge in [-0.3, -0.25) is 9.59 Å². The number of piperidine rings is 1. The zero-order chi connectivity index (χ0) is 23.1. The number of nitrogens with zero attached hydrogens (tertiary/aromatic N) is 4. The van der Waals surface area contributed by atoms with Gasteiger partial charge in [0.05, 0.1) is 15.6 Å². The van der Waals surface area contributed by atoms with Crippen LogP contribution in [0.3, 0.4) is 0 Å². The zero-order valence-corrected chi connectivity index (χ0v) is 20.1. The molecule has 0 radical (unpaired) electrons. The summed E-state index contributed by atoms with van der Waals surface area (Å²) in [5.41, 5.74) is 3.53. The van der Waals surface area contributed by atoms with E-state index in [0.717, 1.165) is 43.0 Å². The molecule has 0 aliphatic carbocycles. The molecule has 0 saturated carbocycles. The highest BCUT2D eigenvalue weighted by atomic mass is 35.5. The second-order valence-corrected chi connectivity index (χ2v) is 9.85. The third kappa shape index (κ3) is 4.26. The van der Waals surface area contributed by atoms with E-state index in [4.69, 9.17) is 33.2 Å². The number of benzene rings is 1. The molecule has 0 atom stereocenters. The standard InChI is InChI=1S/C25H26Cl2N4O2/c1-15-13-18(22-24(28-15)31-10-4-2-3-5-21(31)29-22)25(33)30-11-8-16(9-12-30)23(32)17-6-7-19(26)20(27)14-17/h6-7,13-14,16H,2-5,8-12H2,1H3. The highest BCUT2D eigenvalue weighted by Crippen LogP contribution is 2.29. The van der Waals surface area contributed by atoms with Crippen molar-refractivity contribution in [1.29, 1.82) is 0 Å². The molecule has 1 saturated heterocycles. The van der Waals surface area contributed by atoms with Crippen molar-refractivity contribution in [3.63, 3.8) is 0 Å².